The lowest BCUT2D eigenvalue weighted by molar-refractivity contribution is -0.118. The first-order valence-electron chi connectivity index (χ1n) is 8.58. The number of halogens is 1. The van der Waals surface area contributed by atoms with E-state index in [1.165, 1.54) is 0 Å². The zero-order valence-electron chi connectivity index (χ0n) is 14.6. The standard InChI is InChI=1S/C22H19ClN2O2/c23-18-11-13-19(14-12-18)24-22(27)20(15-16-7-3-1-4-8-16)25-21(26)17-9-5-2-6-10-17/h1-14,20H,15H2,(H,24,27)(H,25,26)/t20-/m1/s1. The minimum Gasteiger partial charge on any atom is -0.340 e. The fourth-order valence-corrected chi connectivity index (χ4v) is 2.78. The summed E-state index contributed by atoms with van der Waals surface area (Å²) in [6.07, 6.45) is 0.388. The van der Waals surface area contributed by atoms with Gasteiger partial charge in [-0.2, -0.15) is 0 Å². The van der Waals surface area contributed by atoms with Crippen LogP contribution in [0.1, 0.15) is 15.9 Å². The van der Waals surface area contributed by atoms with Crippen molar-refractivity contribution in [2.45, 2.75) is 12.5 Å². The van der Waals surface area contributed by atoms with Crippen molar-refractivity contribution in [1.82, 2.24) is 5.32 Å². The Balaban J connectivity index is 1.77. The van der Waals surface area contributed by atoms with Crippen LogP contribution in [-0.4, -0.2) is 17.9 Å². The maximum atomic E-state index is 12.8. The van der Waals surface area contributed by atoms with Crippen molar-refractivity contribution >= 4 is 29.1 Å². The molecule has 5 heteroatoms. The number of carbonyl (C=O) groups excluding carboxylic acids is 2. The summed E-state index contributed by atoms with van der Waals surface area (Å²) < 4.78 is 0. The third-order valence-electron chi connectivity index (χ3n) is 4.05. The zero-order chi connectivity index (χ0) is 19.1. The van der Waals surface area contributed by atoms with Crippen LogP contribution in [-0.2, 0) is 11.2 Å². The molecule has 0 aliphatic rings. The summed E-state index contributed by atoms with van der Waals surface area (Å²) in [4.78, 5) is 25.3. The number of hydrogen-bond donors (Lipinski definition) is 2. The number of hydrogen-bond acceptors (Lipinski definition) is 2. The molecule has 0 radical (unpaired) electrons. The second kappa shape index (κ2) is 9.01. The van der Waals surface area contributed by atoms with Gasteiger partial charge in [0.05, 0.1) is 0 Å². The van der Waals surface area contributed by atoms with Crippen molar-refractivity contribution in [3.63, 3.8) is 0 Å². The second-order valence-corrected chi connectivity index (χ2v) is 6.51. The van der Waals surface area contributed by atoms with Gasteiger partial charge in [-0.1, -0.05) is 60.1 Å². The number of rotatable bonds is 6. The molecule has 2 amide bonds. The van der Waals surface area contributed by atoms with E-state index in [1.54, 1.807) is 48.5 Å². The fourth-order valence-electron chi connectivity index (χ4n) is 2.65. The molecule has 0 spiro atoms. The van der Waals surface area contributed by atoms with Crippen molar-refractivity contribution in [2.24, 2.45) is 0 Å². The molecule has 27 heavy (non-hydrogen) atoms. The Morgan fingerprint density at radius 2 is 1.41 bits per heavy atom. The molecule has 3 rings (SSSR count). The van der Waals surface area contributed by atoms with E-state index >= 15 is 0 Å². The van der Waals surface area contributed by atoms with Crippen molar-refractivity contribution in [3.8, 4) is 0 Å². The van der Waals surface area contributed by atoms with Gasteiger partial charge >= 0.3 is 0 Å². The molecule has 4 nitrogen and oxygen atoms in total. The smallest absolute Gasteiger partial charge is 0.251 e. The maximum Gasteiger partial charge on any atom is 0.251 e. The van der Waals surface area contributed by atoms with Gasteiger partial charge in [-0.3, -0.25) is 9.59 Å². The molecular weight excluding hydrogens is 360 g/mol. The van der Waals surface area contributed by atoms with E-state index in [0.29, 0.717) is 22.7 Å². The summed E-state index contributed by atoms with van der Waals surface area (Å²) >= 11 is 5.89. The van der Waals surface area contributed by atoms with Gasteiger partial charge in [-0.15, -0.1) is 0 Å². The predicted molar refractivity (Wildman–Crippen MR) is 108 cm³/mol. The van der Waals surface area contributed by atoms with Gasteiger partial charge in [0.15, 0.2) is 0 Å². The largest absolute Gasteiger partial charge is 0.340 e. The Kier molecular flexibility index (Phi) is 6.23. The molecule has 0 aliphatic carbocycles. The predicted octanol–water partition coefficient (Wildman–Crippen LogP) is 4.32. The molecule has 0 heterocycles. The molecule has 3 aromatic rings. The molecule has 0 saturated carbocycles. The summed E-state index contributed by atoms with van der Waals surface area (Å²) in [6.45, 7) is 0. The van der Waals surface area contributed by atoms with Gasteiger partial charge in [-0.05, 0) is 42.0 Å². The summed E-state index contributed by atoms with van der Waals surface area (Å²) in [5.74, 6) is -0.576. The van der Waals surface area contributed by atoms with E-state index in [-0.39, 0.29) is 11.8 Å². The van der Waals surface area contributed by atoms with Gasteiger partial charge in [-0.25, -0.2) is 0 Å². The average Bonchev–Trinajstić information content (AvgIpc) is 2.70. The summed E-state index contributed by atoms with van der Waals surface area (Å²) in [5, 5.41) is 6.26. The molecule has 0 unspecified atom stereocenters. The van der Waals surface area contributed by atoms with E-state index in [1.807, 2.05) is 36.4 Å². The van der Waals surface area contributed by atoms with Crippen LogP contribution in [0.25, 0.3) is 0 Å². The van der Waals surface area contributed by atoms with Gasteiger partial charge < -0.3 is 10.6 Å². The molecule has 136 valence electrons. The van der Waals surface area contributed by atoms with Crippen LogP contribution in [0.15, 0.2) is 84.9 Å². The molecule has 0 fully saturated rings. The highest BCUT2D eigenvalue weighted by Crippen LogP contribution is 2.14. The fraction of sp³-hybridized carbons (Fsp3) is 0.0909. The number of carbonyl (C=O) groups is 2. The molecule has 3 aromatic carbocycles. The van der Waals surface area contributed by atoms with E-state index in [4.69, 9.17) is 11.6 Å². The zero-order valence-corrected chi connectivity index (χ0v) is 15.3. The first-order valence-corrected chi connectivity index (χ1v) is 8.96. The Morgan fingerprint density at radius 3 is 2.04 bits per heavy atom. The Hall–Kier alpha value is -3.11. The average molecular weight is 379 g/mol. The van der Waals surface area contributed by atoms with Crippen molar-refractivity contribution in [2.75, 3.05) is 5.32 Å². The summed E-state index contributed by atoms with van der Waals surface area (Å²) in [6, 6.07) is 24.5. The molecule has 2 N–H and O–H groups in total. The minimum absolute atomic E-state index is 0.287. The van der Waals surface area contributed by atoms with Crippen LogP contribution in [0.4, 0.5) is 5.69 Å². The molecular formula is C22H19ClN2O2. The topological polar surface area (TPSA) is 58.2 Å². The van der Waals surface area contributed by atoms with Gasteiger partial charge in [0.2, 0.25) is 5.91 Å². The highest BCUT2D eigenvalue weighted by atomic mass is 35.5. The van der Waals surface area contributed by atoms with Crippen LogP contribution in [0, 0.1) is 0 Å². The Labute approximate surface area is 163 Å². The van der Waals surface area contributed by atoms with E-state index in [0.717, 1.165) is 5.56 Å². The second-order valence-electron chi connectivity index (χ2n) is 6.08. The SMILES string of the molecule is O=C(N[C@H](Cc1ccccc1)C(=O)Nc1ccc(Cl)cc1)c1ccccc1. The molecule has 0 aliphatic heterocycles. The first kappa shape index (κ1) is 18.7. The molecule has 0 aromatic heterocycles. The van der Waals surface area contributed by atoms with Crippen LogP contribution in [0.5, 0.6) is 0 Å². The van der Waals surface area contributed by atoms with Crippen LogP contribution >= 0.6 is 11.6 Å². The Morgan fingerprint density at radius 1 is 0.815 bits per heavy atom. The van der Waals surface area contributed by atoms with Crippen molar-refractivity contribution < 1.29 is 9.59 Å². The quantitative estimate of drug-likeness (QED) is 0.671. The van der Waals surface area contributed by atoms with Gasteiger partial charge in [0.25, 0.3) is 5.91 Å². The van der Waals surface area contributed by atoms with Crippen molar-refractivity contribution in [3.05, 3.63) is 101 Å². The molecule has 0 saturated heterocycles. The van der Waals surface area contributed by atoms with Gasteiger partial charge in [0, 0.05) is 22.7 Å². The first-order chi connectivity index (χ1) is 13.1. The van der Waals surface area contributed by atoms with Crippen molar-refractivity contribution in [1.29, 1.82) is 0 Å². The lowest BCUT2D eigenvalue weighted by atomic mass is 10.0. The molecule has 0 bridgehead atoms. The van der Waals surface area contributed by atoms with Crippen LogP contribution in [0.2, 0.25) is 5.02 Å². The number of amides is 2. The molecule has 1 atom stereocenters. The minimum atomic E-state index is -0.712. The third kappa shape index (κ3) is 5.43. The maximum absolute atomic E-state index is 12.8. The van der Waals surface area contributed by atoms with E-state index in [2.05, 4.69) is 10.6 Å². The third-order valence-corrected chi connectivity index (χ3v) is 4.30. The normalized spacial score (nSPS) is 11.4. The Bertz CT molecular complexity index is 897. The highest BCUT2D eigenvalue weighted by Gasteiger charge is 2.22. The number of anilines is 1. The van der Waals surface area contributed by atoms with E-state index < -0.39 is 6.04 Å². The number of nitrogens with one attached hydrogen (secondary N) is 2. The lowest BCUT2D eigenvalue weighted by Crippen LogP contribution is -2.45. The van der Waals surface area contributed by atoms with Crippen LogP contribution in [0.3, 0.4) is 0 Å². The monoisotopic (exact) mass is 378 g/mol. The lowest BCUT2D eigenvalue weighted by Gasteiger charge is -2.19. The number of benzene rings is 3. The summed E-state index contributed by atoms with van der Waals surface area (Å²) in [7, 11) is 0. The highest BCUT2D eigenvalue weighted by molar-refractivity contribution is 6.30. The van der Waals surface area contributed by atoms with Gasteiger partial charge in [0.1, 0.15) is 6.04 Å². The van der Waals surface area contributed by atoms with E-state index in [9.17, 15) is 9.59 Å². The van der Waals surface area contributed by atoms with Crippen LogP contribution < -0.4 is 10.6 Å². The summed E-state index contributed by atoms with van der Waals surface area (Å²) in [5.41, 5.74) is 2.09.